The molecule has 17 heavy (non-hydrogen) atoms. The van der Waals surface area contributed by atoms with Gasteiger partial charge in [-0.2, -0.15) is 0 Å². The van der Waals surface area contributed by atoms with Crippen LogP contribution < -0.4 is 0 Å². The summed E-state index contributed by atoms with van der Waals surface area (Å²) < 4.78 is 0. The van der Waals surface area contributed by atoms with E-state index in [0.29, 0.717) is 0 Å². The lowest BCUT2D eigenvalue weighted by Gasteiger charge is -2.19. The van der Waals surface area contributed by atoms with Gasteiger partial charge in [0.25, 0.3) is 0 Å². The first kappa shape index (κ1) is 10.0. The molecule has 0 N–H and O–H groups in total. The van der Waals surface area contributed by atoms with E-state index in [0.717, 1.165) is 11.1 Å². The number of allylic oxidation sites excluding steroid dienone is 2. The number of hydrogen-bond acceptors (Lipinski definition) is 1. The van der Waals surface area contributed by atoms with Crippen LogP contribution in [0.1, 0.15) is 17.0 Å². The summed E-state index contributed by atoms with van der Waals surface area (Å²) in [5.74, 6) is -0.0811. The summed E-state index contributed by atoms with van der Waals surface area (Å²) in [5, 5.41) is 2.40. The quantitative estimate of drug-likeness (QED) is 0.669. The molecular weight excluding hydrogens is 208 g/mol. The third-order valence-electron chi connectivity index (χ3n) is 3.30. The zero-order valence-electron chi connectivity index (χ0n) is 9.39. The first-order chi connectivity index (χ1) is 8.31. The minimum absolute atomic E-state index is 0.114. The lowest BCUT2D eigenvalue weighted by atomic mass is 9.84. The summed E-state index contributed by atoms with van der Waals surface area (Å²) in [5.41, 5.74) is 2.21. The van der Waals surface area contributed by atoms with E-state index in [1.54, 1.807) is 12.2 Å². The molecule has 82 valence electrons. The summed E-state index contributed by atoms with van der Waals surface area (Å²) in [7, 11) is 0. The van der Waals surface area contributed by atoms with Crippen LogP contribution >= 0.6 is 0 Å². The second kappa shape index (κ2) is 3.70. The zero-order chi connectivity index (χ0) is 11.8. The highest BCUT2D eigenvalue weighted by Gasteiger charge is 2.22. The largest absolute Gasteiger partial charge is 0.294 e. The summed E-state index contributed by atoms with van der Waals surface area (Å²) in [6.07, 6.45) is 5.29. The molecule has 1 heteroatoms. The van der Waals surface area contributed by atoms with E-state index in [-0.39, 0.29) is 11.7 Å². The number of rotatable bonds is 1. The monoisotopic (exact) mass is 220 g/mol. The minimum Gasteiger partial charge on any atom is -0.294 e. The normalized spacial score (nSPS) is 18.1. The molecule has 2 aromatic carbocycles. The van der Waals surface area contributed by atoms with Crippen LogP contribution in [0.25, 0.3) is 16.8 Å². The molecule has 0 saturated heterocycles. The zero-order valence-corrected chi connectivity index (χ0v) is 9.39. The van der Waals surface area contributed by atoms with Crippen molar-refractivity contribution in [2.24, 2.45) is 0 Å². The van der Waals surface area contributed by atoms with Crippen molar-refractivity contribution in [1.29, 1.82) is 0 Å². The molecule has 1 aliphatic carbocycles. The maximum Gasteiger partial charge on any atom is 0.166 e. The Morgan fingerprint density at radius 2 is 1.88 bits per heavy atom. The fourth-order valence-electron chi connectivity index (χ4n) is 2.44. The number of fused-ring (bicyclic) bond motifs is 3. The molecule has 0 spiro atoms. The van der Waals surface area contributed by atoms with Crippen molar-refractivity contribution in [2.45, 2.75) is 5.92 Å². The number of carbonyl (C=O) groups is 1. The van der Waals surface area contributed by atoms with Crippen molar-refractivity contribution in [3.63, 3.8) is 0 Å². The second-order valence-corrected chi connectivity index (χ2v) is 4.24. The molecule has 0 amide bonds. The molecule has 1 atom stereocenters. The van der Waals surface area contributed by atoms with Gasteiger partial charge in [-0.15, -0.1) is 6.58 Å². The van der Waals surface area contributed by atoms with Gasteiger partial charge in [0.2, 0.25) is 0 Å². The highest BCUT2D eigenvalue weighted by atomic mass is 16.1. The summed E-state index contributed by atoms with van der Waals surface area (Å²) >= 11 is 0. The van der Waals surface area contributed by atoms with E-state index >= 15 is 0 Å². The van der Waals surface area contributed by atoms with Gasteiger partial charge in [-0.3, -0.25) is 4.79 Å². The third kappa shape index (κ3) is 1.43. The molecule has 1 unspecified atom stereocenters. The van der Waals surface area contributed by atoms with Crippen molar-refractivity contribution in [3.05, 3.63) is 66.3 Å². The van der Waals surface area contributed by atoms with E-state index in [2.05, 4.69) is 24.8 Å². The van der Waals surface area contributed by atoms with Gasteiger partial charge in [-0.1, -0.05) is 48.6 Å². The van der Waals surface area contributed by atoms with Gasteiger partial charge in [0.15, 0.2) is 5.78 Å². The Morgan fingerprint density at radius 1 is 1.06 bits per heavy atom. The molecule has 1 nitrogen and oxygen atoms in total. The number of hydrogen-bond donors (Lipinski definition) is 0. The van der Waals surface area contributed by atoms with E-state index in [4.69, 9.17) is 0 Å². The lowest BCUT2D eigenvalue weighted by Crippen LogP contribution is -2.12. The molecule has 0 aliphatic heterocycles. The predicted molar refractivity (Wildman–Crippen MR) is 70.9 cm³/mol. The minimum atomic E-state index is -0.195. The van der Waals surface area contributed by atoms with Gasteiger partial charge in [-0.25, -0.2) is 0 Å². The summed E-state index contributed by atoms with van der Waals surface area (Å²) in [6, 6.07) is 12.3. The van der Waals surface area contributed by atoms with E-state index < -0.39 is 0 Å². The summed E-state index contributed by atoms with van der Waals surface area (Å²) in [6.45, 7) is 3.76. The molecular formula is C16H12O. The van der Waals surface area contributed by atoms with Gasteiger partial charge >= 0.3 is 0 Å². The van der Waals surface area contributed by atoms with Crippen LogP contribution in [0.15, 0.2) is 55.1 Å². The van der Waals surface area contributed by atoms with Crippen LogP contribution in [-0.4, -0.2) is 5.78 Å². The molecule has 1 aliphatic rings. The van der Waals surface area contributed by atoms with E-state index in [9.17, 15) is 4.79 Å². The van der Waals surface area contributed by atoms with Crippen LogP contribution in [0.4, 0.5) is 0 Å². The molecule has 0 bridgehead atoms. The fraction of sp³-hybridized carbons (Fsp3) is 0.0625. The number of benzene rings is 2. The Kier molecular flexibility index (Phi) is 2.19. The van der Waals surface area contributed by atoms with Crippen LogP contribution in [-0.2, 0) is 4.79 Å². The molecule has 0 heterocycles. The fourth-order valence-corrected chi connectivity index (χ4v) is 2.44. The molecule has 3 rings (SSSR count). The topological polar surface area (TPSA) is 17.1 Å². The Morgan fingerprint density at radius 3 is 2.71 bits per heavy atom. The predicted octanol–water partition coefficient (Wildman–Crippen LogP) is 3.71. The van der Waals surface area contributed by atoms with Crippen molar-refractivity contribution in [1.82, 2.24) is 0 Å². The Bertz CT molecular complexity index is 650. The van der Waals surface area contributed by atoms with Crippen molar-refractivity contribution in [3.8, 4) is 0 Å². The molecule has 0 fully saturated rings. The Hall–Kier alpha value is -2.15. The van der Waals surface area contributed by atoms with Crippen molar-refractivity contribution in [2.75, 3.05) is 0 Å². The Labute approximate surface area is 100 Å². The standard InChI is InChI=1S/C16H12O/c1-2-12-14-8-7-11-5-3-4-6-13(11)15(14)9-10-16(12)17/h2-10,12H,1H2. The third-order valence-corrected chi connectivity index (χ3v) is 3.30. The second-order valence-electron chi connectivity index (χ2n) is 4.24. The van der Waals surface area contributed by atoms with Gasteiger partial charge in [0.1, 0.15) is 0 Å². The number of ketones is 1. The van der Waals surface area contributed by atoms with Gasteiger partial charge in [-0.05, 0) is 28.0 Å². The smallest absolute Gasteiger partial charge is 0.166 e. The van der Waals surface area contributed by atoms with E-state index in [1.165, 1.54) is 10.8 Å². The maximum absolute atomic E-state index is 11.8. The highest BCUT2D eigenvalue weighted by Crippen LogP contribution is 2.33. The molecule has 2 aromatic rings. The van der Waals surface area contributed by atoms with Gasteiger partial charge in [0.05, 0.1) is 5.92 Å². The molecule has 0 aromatic heterocycles. The van der Waals surface area contributed by atoms with Gasteiger partial charge in [0, 0.05) is 0 Å². The molecule has 0 saturated carbocycles. The van der Waals surface area contributed by atoms with Crippen LogP contribution in [0.2, 0.25) is 0 Å². The van der Waals surface area contributed by atoms with Crippen molar-refractivity contribution < 1.29 is 4.79 Å². The van der Waals surface area contributed by atoms with E-state index in [1.807, 2.05) is 24.3 Å². The first-order valence-corrected chi connectivity index (χ1v) is 5.67. The average Bonchev–Trinajstić information content (AvgIpc) is 2.38. The average molecular weight is 220 g/mol. The van der Waals surface area contributed by atoms with Crippen LogP contribution in [0.5, 0.6) is 0 Å². The molecule has 0 radical (unpaired) electrons. The lowest BCUT2D eigenvalue weighted by molar-refractivity contribution is -0.115. The first-order valence-electron chi connectivity index (χ1n) is 5.67. The number of carbonyl (C=O) groups excluding carboxylic acids is 1. The Balaban J connectivity index is 2.37. The SMILES string of the molecule is C=CC1C(=O)C=Cc2c1ccc1ccccc21. The highest BCUT2D eigenvalue weighted by molar-refractivity contribution is 6.07. The summed E-state index contributed by atoms with van der Waals surface area (Å²) in [4.78, 5) is 11.8. The maximum atomic E-state index is 11.8. The van der Waals surface area contributed by atoms with Crippen LogP contribution in [0, 0.1) is 0 Å². The van der Waals surface area contributed by atoms with Crippen LogP contribution in [0.3, 0.4) is 0 Å². The van der Waals surface area contributed by atoms with Gasteiger partial charge < -0.3 is 0 Å². The van der Waals surface area contributed by atoms with Crippen molar-refractivity contribution >= 4 is 22.6 Å².